The van der Waals surface area contributed by atoms with Gasteiger partial charge in [0.05, 0.1) is 6.61 Å². The van der Waals surface area contributed by atoms with Crippen LogP contribution in [0.25, 0.3) is 0 Å². The van der Waals surface area contributed by atoms with Gasteiger partial charge in [0.1, 0.15) is 11.5 Å². The van der Waals surface area contributed by atoms with Gasteiger partial charge in [-0.15, -0.1) is 0 Å². The van der Waals surface area contributed by atoms with Crippen molar-refractivity contribution in [3.8, 4) is 0 Å². The smallest absolute Gasteiger partial charge is 0.104 e. The molecule has 0 radical (unpaired) electrons. The van der Waals surface area contributed by atoms with Gasteiger partial charge in [0, 0.05) is 5.92 Å². The minimum atomic E-state index is 0.299. The van der Waals surface area contributed by atoms with Crippen LogP contribution in [-0.2, 0) is 4.84 Å². The Balaban J connectivity index is 2.79. The lowest BCUT2D eigenvalue weighted by Crippen LogP contribution is -2.08. The fraction of sp³-hybridized carbons (Fsp3) is 0.556. The van der Waals surface area contributed by atoms with Crippen LogP contribution in [0.2, 0.25) is 0 Å². The maximum atomic E-state index is 5.39. The molecular formula is C9H15NO2. The summed E-state index contributed by atoms with van der Waals surface area (Å²) in [6, 6.07) is 2.03. The summed E-state index contributed by atoms with van der Waals surface area (Å²) in [4.78, 5) is 4.58. The highest BCUT2D eigenvalue weighted by Crippen LogP contribution is 2.22. The zero-order valence-corrected chi connectivity index (χ0v) is 7.76. The van der Waals surface area contributed by atoms with Crippen molar-refractivity contribution in [2.75, 3.05) is 6.61 Å². The summed E-state index contributed by atoms with van der Waals surface area (Å²) in [5.74, 6) is 7.18. The highest BCUT2D eigenvalue weighted by molar-refractivity contribution is 5.23. The second-order valence-corrected chi connectivity index (χ2v) is 3.10. The SMILES string of the molecule is Cc1cc(C(C)CON)c(C)o1. The predicted molar refractivity (Wildman–Crippen MR) is 46.7 cm³/mol. The van der Waals surface area contributed by atoms with E-state index in [0.717, 1.165) is 11.5 Å². The maximum Gasteiger partial charge on any atom is 0.104 e. The lowest BCUT2D eigenvalue weighted by atomic mass is 10.0. The molecule has 0 aliphatic rings. The molecule has 0 spiro atoms. The van der Waals surface area contributed by atoms with Crippen LogP contribution in [0.5, 0.6) is 0 Å². The summed E-state index contributed by atoms with van der Waals surface area (Å²) in [6.07, 6.45) is 0. The summed E-state index contributed by atoms with van der Waals surface area (Å²) in [5, 5.41) is 0. The van der Waals surface area contributed by atoms with Crippen LogP contribution >= 0.6 is 0 Å². The van der Waals surface area contributed by atoms with E-state index in [1.165, 1.54) is 5.56 Å². The molecule has 1 aromatic rings. The third kappa shape index (κ3) is 1.87. The normalized spacial score (nSPS) is 13.3. The van der Waals surface area contributed by atoms with Crippen molar-refractivity contribution in [2.24, 2.45) is 5.90 Å². The number of hydrogen-bond acceptors (Lipinski definition) is 3. The number of rotatable bonds is 3. The van der Waals surface area contributed by atoms with Crippen LogP contribution in [0.15, 0.2) is 10.5 Å². The van der Waals surface area contributed by atoms with Gasteiger partial charge in [-0.2, -0.15) is 0 Å². The van der Waals surface area contributed by atoms with Crippen molar-refractivity contribution in [1.82, 2.24) is 0 Å². The monoisotopic (exact) mass is 169 g/mol. The minimum Gasteiger partial charge on any atom is -0.466 e. The summed E-state index contributed by atoms with van der Waals surface area (Å²) in [7, 11) is 0. The van der Waals surface area contributed by atoms with Gasteiger partial charge in [-0.05, 0) is 25.5 Å². The Kier molecular flexibility index (Phi) is 2.89. The van der Waals surface area contributed by atoms with Crippen LogP contribution in [0.1, 0.15) is 29.9 Å². The van der Waals surface area contributed by atoms with Crippen molar-refractivity contribution < 1.29 is 9.25 Å². The van der Waals surface area contributed by atoms with Crippen LogP contribution in [0.3, 0.4) is 0 Å². The molecule has 0 saturated heterocycles. The second kappa shape index (κ2) is 3.74. The highest BCUT2D eigenvalue weighted by atomic mass is 16.6. The molecule has 2 N–H and O–H groups in total. The van der Waals surface area contributed by atoms with E-state index in [4.69, 9.17) is 10.3 Å². The first-order valence-corrected chi connectivity index (χ1v) is 4.03. The molecule has 0 amide bonds. The van der Waals surface area contributed by atoms with Crippen LogP contribution in [0, 0.1) is 13.8 Å². The number of hydrogen-bond donors (Lipinski definition) is 1. The Hall–Kier alpha value is -0.800. The lowest BCUT2D eigenvalue weighted by molar-refractivity contribution is 0.126. The molecule has 3 nitrogen and oxygen atoms in total. The topological polar surface area (TPSA) is 48.4 Å². The van der Waals surface area contributed by atoms with Crippen molar-refractivity contribution in [3.05, 3.63) is 23.2 Å². The number of aryl methyl sites for hydroxylation is 2. The molecule has 3 heteroatoms. The number of furan rings is 1. The Morgan fingerprint density at radius 1 is 1.58 bits per heavy atom. The Morgan fingerprint density at radius 3 is 2.67 bits per heavy atom. The van der Waals surface area contributed by atoms with E-state index >= 15 is 0 Å². The lowest BCUT2D eigenvalue weighted by Gasteiger charge is -2.07. The van der Waals surface area contributed by atoms with E-state index in [0.29, 0.717) is 12.5 Å². The molecule has 68 valence electrons. The molecule has 12 heavy (non-hydrogen) atoms. The van der Waals surface area contributed by atoms with Gasteiger partial charge in [-0.1, -0.05) is 6.92 Å². The van der Waals surface area contributed by atoms with Gasteiger partial charge in [0.15, 0.2) is 0 Å². The predicted octanol–water partition coefficient (Wildman–Crippen LogP) is 1.89. The maximum absolute atomic E-state index is 5.39. The fourth-order valence-electron chi connectivity index (χ4n) is 1.37. The van der Waals surface area contributed by atoms with Crippen molar-refractivity contribution in [1.29, 1.82) is 0 Å². The molecule has 0 aliphatic carbocycles. The first kappa shape index (κ1) is 9.29. The summed E-state index contributed by atoms with van der Waals surface area (Å²) in [6.45, 7) is 6.48. The minimum absolute atomic E-state index is 0.299. The van der Waals surface area contributed by atoms with E-state index in [1.807, 2.05) is 19.9 Å². The molecule has 0 fully saturated rings. The van der Waals surface area contributed by atoms with Crippen molar-refractivity contribution in [3.63, 3.8) is 0 Å². The molecule has 0 saturated carbocycles. The molecule has 1 atom stereocenters. The first-order valence-electron chi connectivity index (χ1n) is 4.03. The summed E-state index contributed by atoms with van der Waals surface area (Å²) < 4.78 is 5.39. The zero-order valence-electron chi connectivity index (χ0n) is 7.76. The highest BCUT2D eigenvalue weighted by Gasteiger charge is 2.11. The quantitative estimate of drug-likeness (QED) is 0.703. The Morgan fingerprint density at radius 2 is 2.25 bits per heavy atom. The van der Waals surface area contributed by atoms with Crippen LogP contribution in [0.4, 0.5) is 0 Å². The molecule has 0 aromatic carbocycles. The van der Waals surface area contributed by atoms with Gasteiger partial charge in [-0.25, -0.2) is 5.90 Å². The van der Waals surface area contributed by atoms with E-state index in [-0.39, 0.29) is 0 Å². The molecule has 1 heterocycles. The van der Waals surface area contributed by atoms with Gasteiger partial charge in [0.2, 0.25) is 0 Å². The molecule has 1 rings (SSSR count). The van der Waals surface area contributed by atoms with Crippen molar-refractivity contribution >= 4 is 0 Å². The Bertz CT molecular complexity index is 255. The summed E-state index contributed by atoms with van der Waals surface area (Å²) >= 11 is 0. The Labute approximate surface area is 72.5 Å². The van der Waals surface area contributed by atoms with E-state index in [1.54, 1.807) is 0 Å². The average molecular weight is 169 g/mol. The van der Waals surface area contributed by atoms with Crippen molar-refractivity contribution in [2.45, 2.75) is 26.7 Å². The van der Waals surface area contributed by atoms with Crippen LogP contribution < -0.4 is 5.90 Å². The average Bonchev–Trinajstić information content (AvgIpc) is 2.30. The molecular weight excluding hydrogens is 154 g/mol. The largest absolute Gasteiger partial charge is 0.466 e. The molecule has 1 aromatic heterocycles. The van der Waals surface area contributed by atoms with Crippen LogP contribution in [-0.4, -0.2) is 6.61 Å². The fourth-order valence-corrected chi connectivity index (χ4v) is 1.37. The second-order valence-electron chi connectivity index (χ2n) is 3.10. The van der Waals surface area contributed by atoms with E-state index in [9.17, 15) is 0 Å². The van der Waals surface area contributed by atoms with Gasteiger partial charge in [-0.3, -0.25) is 0 Å². The molecule has 0 bridgehead atoms. The third-order valence-corrected chi connectivity index (χ3v) is 1.96. The summed E-state index contributed by atoms with van der Waals surface area (Å²) in [5.41, 5.74) is 1.18. The third-order valence-electron chi connectivity index (χ3n) is 1.96. The standard InChI is InChI=1S/C9H15NO2/c1-6(5-11-10)9-4-7(2)12-8(9)3/h4,6H,5,10H2,1-3H3. The van der Waals surface area contributed by atoms with Gasteiger partial charge >= 0.3 is 0 Å². The van der Waals surface area contributed by atoms with Gasteiger partial charge in [0.25, 0.3) is 0 Å². The van der Waals surface area contributed by atoms with E-state index < -0.39 is 0 Å². The van der Waals surface area contributed by atoms with Gasteiger partial charge < -0.3 is 9.25 Å². The zero-order chi connectivity index (χ0) is 9.14. The molecule has 1 unspecified atom stereocenters. The first-order chi connectivity index (χ1) is 5.65. The molecule has 0 aliphatic heterocycles. The van der Waals surface area contributed by atoms with E-state index in [2.05, 4.69) is 11.8 Å². The number of nitrogens with two attached hydrogens (primary N) is 1.